The Labute approximate surface area is 102 Å². The molecule has 0 saturated carbocycles. The Bertz CT molecular complexity index is 404. The summed E-state index contributed by atoms with van der Waals surface area (Å²) in [7, 11) is 0. The molecule has 0 aromatic carbocycles. The number of hydrogen-bond acceptors (Lipinski definition) is 3. The lowest BCUT2D eigenvalue weighted by atomic mass is 10.1. The van der Waals surface area contributed by atoms with Gasteiger partial charge in [0.2, 0.25) is 0 Å². The number of nitrogens with zero attached hydrogens (tertiary/aromatic N) is 2. The van der Waals surface area contributed by atoms with E-state index in [2.05, 4.69) is 41.0 Å². The average molecular weight is 238 g/mol. The molecule has 16 heavy (non-hydrogen) atoms. The molecule has 0 radical (unpaired) electrons. The van der Waals surface area contributed by atoms with Crippen molar-refractivity contribution in [3.63, 3.8) is 0 Å². The van der Waals surface area contributed by atoms with E-state index in [9.17, 15) is 0 Å². The van der Waals surface area contributed by atoms with Crippen molar-refractivity contribution in [1.82, 2.24) is 9.97 Å². The molecule has 0 amide bonds. The molecule has 3 nitrogen and oxygen atoms in total. The third kappa shape index (κ3) is 3.39. The predicted molar refractivity (Wildman–Crippen MR) is 67.7 cm³/mol. The summed E-state index contributed by atoms with van der Waals surface area (Å²) in [5.74, 6) is 6.96. The summed E-state index contributed by atoms with van der Waals surface area (Å²) in [6.45, 7) is 6.75. The average Bonchev–Trinajstić information content (AvgIpc) is 2.24. The fraction of sp³-hybridized carbons (Fsp3) is 0.500. The highest BCUT2D eigenvalue weighted by Crippen LogP contribution is 2.27. The molecule has 0 saturated heterocycles. The zero-order chi connectivity index (χ0) is 12.0. The summed E-state index contributed by atoms with van der Waals surface area (Å²) in [4.78, 5) is 8.20. The molecule has 0 unspecified atom stereocenters. The first-order chi connectivity index (χ1) is 7.66. The number of nitrogens with one attached hydrogen (secondary N) is 1. The van der Waals surface area contributed by atoms with Gasteiger partial charge in [-0.1, -0.05) is 25.4 Å². The standard InChI is InChI=1S/C12H16ClN3/c1-4-5-6-7-14-12-10(9(2)3)11(13)15-8-16-12/h8-9H,6-7H2,1-3H3,(H,14,15,16). The second-order valence-electron chi connectivity index (χ2n) is 3.69. The summed E-state index contributed by atoms with van der Waals surface area (Å²) in [5.41, 5.74) is 0.966. The summed E-state index contributed by atoms with van der Waals surface area (Å²) in [6.07, 6.45) is 2.28. The van der Waals surface area contributed by atoms with Crippen LogP contribution < -0.4 is 5.32 Å². The normalized spacial score (nSPS) is 9.81. The van der Waals surface area contributed by atoms with Crippen molar-refractivity contribution in [2.45, 2.75) is 33.1 Å². The van der Waals surface area contributed by atoms with Gasteiger partial charge in [-0.3, -0.25) is 0 Å². The van der Waals surface area contributed by atoms with Crippen LogP contribution in [-0.4, -0.2) is 16.5 Å². The first-order valence-electron chi connectivity index (χ1n) is 5.30. The lowest BCUT2D eigenvalue weighted by Crippen LogP contribution is -2.08. The van der Waals surface area contributed by atoms with Crippen LogP contribution in [0.2, 0.25) is 5.15 Å². The van der Waals surface area contributed by atoms with Crippen molar-refractivity contribution in [1.29, 1.82) is 0 Å². The molecular weight excluding hydrogens is 222 g/mol. The van der Waals surface area contributed by atoms with Gasteiger partial charge in [-0.25, -0.2) is 9.97 Å². The van der Waals surface area contributed by atoms with Crippen LogP contribution in [0, 0.1) is 11.8 Å². The topological polar surface area (TPSA) is 37.8 Å². The van der Waals surface area contributed by atoms with Crippen LogP contribution in [0.4, 0.5) is 5.82 Å². The Morgan fingerprint density at radius 1 is 1.44 bits per heavy atom. The minimum Gasteiger partial charge on any atom is -0.369 e. The molecule has 1 rings (SSSR count). The molecular formula is C12H16ClN3. The van der Waals surface area contributed by atoms with Gasteiger partial charge in [0.15, 0.2) is 0 Å². The van der Waals surface area contributed by atoms with Gasteiger partial charge in [-0.15, -0.1) is 11.8 Å². The van der Waals surface area contributed by atoms with E-state index >= 15 is 0 Å². The van der Waals surface area contributed by atoms with Gasteiger partial charge in [0.05, 0.1) is 0 Å². The van der Waals surface area contributed by atoms with Crippen molar-refractivity contribution in [2.75, 3.05) is 11.9 Å². The Morgan fingerprint density at radius 2 is 2.19 bits per heavy atom. The summed E-state index contributed by atoms with van der Waals surface area (Å²) < 4.78 is 0. The van der Waals surface area contributed by atoms with Crippen LogP contribution in [0.1, 0.15) is 38.7 Å². The molecule has 1 aromatic heterocycles. The van der Waals surface area contributed by atoms with E-state index in [0.29, 0.717) is 11.1 Å². The largest absolute Gasteiger partial charge is 0.369 e. The first kappa shape index (κ1) is 12.8. The Balaban J connectivity index is 2.77. The first-order valence-corrected chi connectivity index (χ1v) is 5.68. The van der Waals surface area contributed by atoms with Crippen LogP contribution in [0.5, 0.6) is 0 Å². The van der Waals surface area contributed by atoms with E-state index < -0.39 is 0 Å². The van der Waals surface area contributed by atoms with Gasteiger partial charge >= 0.3 is 0 Å². The molecule has 86 valence electrons. The van der Waals surface area contributed by atoms with Gasteiger partial charge in [-0.05, 0) is 12.8 Å². The predicted octanol–water partition coefficient (Wildman–Crippen LogP) is 3.08. The quantitative estimate of drug-likeness (QED) is 0.497. The van der Waals surface area contributed by atoms with Crippen molar-refractivity contribution in [3.8, 4) is 11.8 Å². The van der Waals surface area contributed by atoms with Crippen LogP contribution in [0.25, 0.3) is 0 Å². The zero-order valence-corrected chi connectivity index (χ0v) is 10.6. The zero-order valence-electron chi connectivity index (χ0n) is 9.84. The number of aromatic nitrogens is 2. The lowest BCUT2D eigenvalue weighted by molar-refractivity contribution is 0.844. The molecule has 0 spiro atoms. The Kier molecular flexibility index (Phi) is 5.07. The van der Waals surface area contributed by atoms with E-state index in [0.717, 1.165) is 24.3 Å². The van der Waals surface area contributed by atoms with E-state index in [1.165, 1.54) is 6.33 Å². The van der Waals surface area contributed by atoms with E-state index in [1.807, 2.05) is 6.92 Å². The van der Waals surface area contributed by atoms with E-state index in [-0.39, 0.29) is 0 Å². The molecule has 0 atom stereocenters. The summed E-state index contributed by atoms with van der Waals surface area (Å²) >= 11 is 6.05. The highest BCUT2D eigenvalue weighted by molar-refractivity contribution is 6.30. The van der Waals surface area contributed by atoms with Gasteiger partial charge in [0.1, 0.15) is 17.3 Å². The van der Waals surface area contributed by atoms with Crippen LogP contribution in [0.15, 0.2) is 6.33 Å². The maximum absolute atomic E-state index is 6.05. The van der Waals surface area contributed by atoms with Gasteiger partial charge < -0.3 is 5.32 Å². The molecule has 0 aliphatic rings. The van der Waals surface area contributed by atoms with Crippen molar-refractivity contribution < 1.29 is 0 Å². The molecule has 4 heteroatoms. The highest BCUT2D eigenvalue weighted by atomic mass is 35.5. The lowest BCUT2D eigenvalue weighted by Gasteiger charge is -2.13. The fourth-order valence-corrected chi connectivity index (χ4v) is 1.75. The Morgan fingerprint density at radius 3 is 2.81 bits per heavy atom. The maximum atomic E-state index is 6.05. The van der Waals surface area contributed by atoms with E-state index in [1.54, 1.807) is 0 Å². The molecule has 1 aromatic rings. The molecule has 0 aliphatic heterocycles. The number of anilines is 1. The fourth-order valence-electron chi connectivity index (χ4n) is 1.39. The van der Waals surface area contributed by atoms with Crippen LogP contribution in [0.3, 0.4) is 0 Å². The molecule has 0 fully saturated rings. The molecule has 0 aliphatic carbocycles. The van der Waals surface area contributed by atoms with Crippen molar-refractivity contribution in [2.24, 2.45) is 0 Å². The number of rotatable bonds is 4. The van der Waals surface area contributed by atoms with Gasteiger partial charge in [0.25, 0.3) is 0 Å². The van der Waals surface area contributed by atoms with Crippen molar-refractivity contribution >= 4 is 17.4 Å². The van der Waals surface area contributed by atoms with Gasteiger partial charge in [0, 0.05) is 18.5 Å². The molecule has 1 heterocycles. The van der Waals surface area contributed by atoms with Crippen molar-refractivity contribution in [3.05, 3.63) is 17.0 Å². The monoisotopic (exact) mass is 237 g/mol. The van der Waals surface area contributed by atoms with Crippen LogP contribution >= 0.6 is 11.6 Å². The SMILES string of the molecule is CC#CCCNc1ncnc(Cl)c1C(C)C. The second-order valence-corrected chi connectivity index (χ2v) is 4.04. The maximum Gasteiger partial charge on any atom is 0.138 e. The molecule has 1 N–H and O–H groups in total. The highest BCUT2D eigenvalue weighted by Gasteiger charge is 2.12. The minimum absolute atomic E-state index is 0.299. The van der Waals surface area contributed by atoms with Crippen LogP contribution in [-0.2, 0) is 0 Å². The third-order valence-corrected chi connectivity index (χ3v) is 2.43. The van der Waals surface area contributed by atoms with E-state index in [4.69, 9.17) is 11.6 Å². The number of hydrogen-bond donors (Lipinski definition) is 1. The minimum atomic E-state index is 0.299. The second kappa shape index (κ2) is 6.34. The molecule has 0 bridgehead atoms. The summed E-state index contributed by atoms with van der Waals surface area (Å²) in [6, 6.07) is 0. The Hall–Kier alpha value is -1.27. The number of halogens is 1. The summed E-state index contributed by atoms with van der Waals surface area (Å²) in [5, 5.41) is 3.75. The van der Waals surface area contributed by atoms with Gasteiger partial charge in [-0.2, -0.15) is 0 Å². The smallest absolute Gasteiger partial charge is 0.138 e. The third-order valence-electron chi connectivity index (χ3n) is 2.13.